The van der Waals surface area contributed by atoms with Gasteiger partial charge in [-0.1, -0.05) is 0 Å². The van der Waals surface area contributed by atoms with Crippen LogP contribution in [0.25, 0.3) is 10.2 Å². The van der Waals surface area contributed by atoms with Crippen LogP contribution < -0.4 is 5.32 Å². The Labute approximate surface area is 162 Å². The van der Waals surface area contributed by atoms with Crippen LogP contribution >= 0.6 is 11.3 Å². The van der Waals surface area contributed by atoms with Gasteiger partial charge in [0.1, 0.15) is 0 Å². The molecule has 10 heteroatoms. The average molecular weight is 416 g/mol. The molecule has 0 aromatic carbocycles. The van der Waals surface area contributed by atoms with Crippen molar-refractivity contribution < 1.29 is 33.0 Å². The fraction of sp³-hybridized carbons (Fsp3) is 0.500. The second-order valence-corrected chi connectivity index (χ2v) is 8.47. The number of aliphatic carboxylic acids is 2. The molecule has 0 amide bonds. The van der Waals surface area contributed by atoms with Gasteiger partial charge >= 0.3 is 18.1 Å². The van der Waals surface area contributed by atoms with Crippen molar-refractivity contribution >= 4 is 33.5 Å². The Morgan fingerprint density at radius 3 is 2.36 bits per heavy atom. The number of fused-ring (bicyclic) bond motifs is 3. The highest BCUT2D eigenvalue weighted by Gasteiger charge is 2.58. The number of carboxylic acid groups (broad SMARTS) is 2. The molecule has 0 atom stereocenters. The van der Waals surface area contributed by atoms with E-state index in [4.69, 9.17) is 9.90 Å². The fourth-order valence-corrected chi connectivity index (χ4v) is 4.98. The molecule has 28 heavy (non-hydrogen) atoms. The summed E-state index contributed by atoms with van der Waals surface area (Å²) in [4.78, 5) is 26.0. The Morgan fingerprint density at radius 1 is 1.21 bits per heavy atom. The van der Waals surface area contributed by atoms with E-state index in [1.807, 2.05) is 12.3 Å². The van der Waals surface area contributed by atoms with Crippen molar-refractivity contribution in [1.82, 2.24) is 10.3 Å². The van der Waals surface area contributed by atoms with Crippen molar-refractivity contribution in [1.29, 1.82) is 0 Å². The molecule has 2 aromatic rings. The molecule has 4 rings (SSSR count). The molecular formula is C18H19F3N2O4S. The van der Waals surface area contributed by atoms with Crippen LogP contribution in [0.4, 0.5) is 13.2 Å². The van der Waals surface area contributed by atoms with Gasteiger partial charge in [0.25, 0.3) is 0 Å². The maximum atomic E-state index is 11.5. The van der Waals surface area contributed by atoms with Crippen LogP contribution in [0.2, 0.25) is 0 Å². The standard InChI is InChI=1S/C16H18N2O2S.C2HF3O2/c19-14(20)15-3-5-16(10-15,6-4-15)18-9-11-8-12-13(21-11)2-1-7-17-12;3-2(4,5)1(6)7/h1-2,7-8,18H,3-6,9-10H2,(H,19,20);(H,6,7). The molecule has 2 heterocycles. The van der Waals surface area contributed by atoms with Crippen LogP contribution in [0, 0.1) is 5.41 Å². The molecule has 2 aromatic heterocycles. The quantitative estimate of drug-likeness (QED) is 0.701. The highest BCUT2D eigenvalue weighted by Crippen LogP contribution is 2.56. The molecule has 152 valence electrons. The summed E-state index contributed by atoms with van der Waals surface area (Å²) in [6.07, 6.45) is 1.15. The van der Waals surface area contributed by atoms with E-state index in [9.17, 15) is 23.1 Å². The van der Waals surface area contributed by atoms with Gasteiger partial charge in [-0.2, -0.15) is 13.2 Å². The Morgan fingerprint density at radius 2 is 1.86 bits per heavy atom. The molecular weight excluding hydrogens is 397 g/mol. The predicted octanol–water partition coefficient (Wildman–Crippen LogP) is 3.81. The van der Waals surface area contributed by atoms with Crippen molar-refractivity contribution in [3.05, 3.63) is 29.3 Å². The highest BCUT2D eigenvalue weighted by atomic mass is 32.1. The molecule has 6 nitrogen and oxygen atoms in total. The minimum Gasteiger partial charge on any atom is -0.481 e. The molecule has 0 unspecified atom stereocenters. The van der Waals surface area contributed by atoms with Gasteiger partial charge in [0.2, 0.25) is 0 Å². The summed E-state index contributed by atoms with van der Waals surface area (Å²) in [5.41, 5.74) is 0.644. The van der Waals surface area contributed by atoms with Crippen LogP contribution in [0.3, 0.4) is 0 Å². The fourth-order valence-electron chi connectivity index (χ4n) is 4.02. The summed E-state index contributed by atoms with van der Waals surface area (Å²) in [6, 6.07) is 6.19. The minimum absolute atomic E-state index is 0.0436. The molecule has 0 aliphatic heterocycles. The second-order valence-electron chi connectivity index (χ2n) is 7.30. The minimum atomic E-state index is -5.08. The van der Waals surface area contributed by atoms with Crippen molar-refractivity contribution in [2.24, 2.45) is 5.41 Å². The molecule has 0 spiro atoms. The topological polar surface area (TPSA) is 99.5 Å². The normalized spacial score (nSPS) is 26.1. The molecule has 2 saturated carbocycles. The first kappa shape index (κ1) is 20.5. The Hall–Kier alpha value is -2.20. The Kier molecular flexibility index (Phi) is 5.37. The van der Waals surface area contributed by atoms with Crippen LogP contribution in [-0.4, -0.2) is 38.9 Å². The van der Waals surface area contributed by atoms with Gasteiger partial charge in [0, 0.05) is 23.2 Å². The lowest BCUT2D eigenvalue weighted by molar-refractivity contribution is -0.192. The maximum absolute atomic E-state index is 11.5. The van der Waals surface area contributed by atoms with E-state index < -0.39 is 23.5 Å². The Balaban J connectivity index is 0.000000279. The van der Waals surface area contributed by atoms with Crippen LogP contribution in [0.15, 0.2) is 24.4 Å². The van der Waals surface area contributed by atoms with Crippen molar-refractivity contribution in [2.45, 2.75) is 50.4 Å². The summed E-state index contributed by atoms with van der Waals surface area (Å²) < 4.78 is 32.9. The van der Waals surface area contributed by atoms with Crippen molar-refractivity contribution in [3.8, 4) is 0 Å². The number of aromatic nitrogens is 1. The molecule has 2 bridgehead atoms. The number of alkyl halides is 3. The smallest absolute Gasteiger partial charge is 0.481 e. The van der Waals surface area contributed by atoms with E-state index in [1.54, 1.807) is 11.3 Å². The van der Waals surface area contributed by atoms with Gasteiger partial charge in [-0.25, -0.2) is 4.79 Å². The number of thiophene rings is 1. The summed E-state index contributed by atoms with van der Waals surface area (Å²) >= 11 is 1.77. The van der Waals surface area contributed by atoms with Gasteiger partial charge in [-0.3, -0.25) is 9.78 Å². The largest absolute Gasteiger partial charge is 0.490 e. The third kappa shape index (κ3) is 4.12. The molecule has 2 fully saturated rings. The van der Waals surface area contributed by atoms with E-state index in [2.05, 4.69) is 22.4 Å². The lowest BCUT2D eigenvalue weighted by Crippen LogP contribution is -2.40. The summed E-state index contributed by atoms with van der Waals surface area (Å²) in [5.74, 6) is -3.36. The predicted molar refractivity (Wildman–Crippen MR) is 96.0 cm³/mol. The third-order valence-corrected chi connectivity index (χ3v) is 6.60. The first-order valence-electron chi connectivity index (χ1n) is 8.67. The van der Waals surface area contributed by atoms with Gasteiger partial charge in [0.05, 0.1) is 15.6 Å². The average Bonchev–Trinajstić information content (AvgIpc) is 3.32. The number of hydrogen-bond donors (Lipinski definition) is 3. The number of carbonyl (C=O) groups is 2. The number of hydrogen-bond acceptors (Lipinski definition) is 5. The van der Waals surface area contributed by atoms with Crippen LogP contribution in [0.5, 0.6) is 0 Å². The SMILES string of the molecule is O=C(O)C(F)(F)F.O=C(O)C12CCC(NCc3cc4ncccc4s3)(CC1)C2. The molecule has 2 aliphatic carbocycles. The third-order valence-electron chi connectivity index (χ3n) is 5.51. The molecule has 0 radical (unpaired) electrons. The van der Waals surface area contributed by atoms with Crippen molar-refractivity contribution in [3.63, 3.8) is 0 Å². The monoisotopic (exact) mass is 416 g/mol. The number of rotatable bonds is 4. The summed E-state index contributed by atoms with van der Waals surface area (Å²) in [6.45, 7) is 0.816. The zero-order valence-electron chi connectivity index (χ0n) is 14.8. The van der Waals surface area contributed by atoms with Crippen molar-refractivity contribution in [2.75, 3.05) is 0 Å². The number of nitrogens with one attached hydrogen (secondary N) is 1. The number of carboxylic acids is 2. The number of nitrogens with zero attached hydrogens (tertiary/aromatic N) is 1. The van der Waals surface area contributed by atoms with E-state index in [0.29, 0.717) is 0 Å². The molecule has 3 N–H and O–H groups in total. The lowest BCUT2D eigenvalue weighted by Gasteiger charge is -2.27. The van der Waals surface area contributed by atoms with E-state index >= 15 is 0 Å². The summed E-state index contributed by atoms with van der Waals surface area (Å²) in [7, 11) is 0. The molecule has 0 saturated heterocycles. The molecule has 2 aliphatic rings. The number of pyridine rings is 1. The zero-order valence-corrected chi connectivity index (χ0v) is 15.6. The first-order chi connectivity index (χ1) is 13.1. The van der Waals surface area contributed by atoms with Gasteiger partial charge in [-0.15, -0.1) is 11.3 Å². The highest BCUT2D eigenvalue weighted by molar-refractivity contribution is 7.19. The van der Waals surface area contributed by atoms with Crippen LogP contribution in [-0.2, 0) is 16.1 Å². The second kappa shape index (κ2) is 7.32. The zero-order chi connectivity index (χ0) is 20.6. The van der Waals surface area contributed by atoms with E-state index in [0.717, 1.165) is 44.2 Å². The Bertz CT molecular complexity index is 855. The van der Waals surface area contributed by atoms with Gasteiger partial charge in [-0.05, 0) is 50.3 Å². The van der Waals surface area contributed by atoms with Gasteiger partial charge in [0.15, 0.2) is 0 Å². The lowest BCUT2D eigenvalue weighted by atomic mass is 9.84. The van der Waals surface area contributed by atoms with E-state index in [1.165, 1.54) is 9.58 Å². The maximum Gasteiger partial charge on any atom is 0.490 e. The van der Waals surface area contributed by atoms with Crippen LogP contribution in [0.1, 0.15) is 37.0 Å². The van der Waals surface area contributed by atoms with E-state index in [-0.39, 0.29) is 5.54 Å². The summed E-state index contributed by atoms with van der Waals surface area (Å²) in [5, 5.41) is 20.2. The first-order valence-corrected chi connectivity index (χ1v) is 9.49. The van der Waals surface area contributed by atoms with Gasteiger partial charge < -0.3 is 15.5 Å². The number of halogens is 3.